The van der Waals surface area contributed by atoms with Gasteiger partial charge in [0.05, 0.1) is 12.3 Å². The average Bonchev–Trinajstić information content (AvgIpc) is 2.94. The minimum absolute atomic E-state index is 0.201. The highest BCUT2D eigenvalue weighted by atomic mass is 35.5. The van der Waals surface area contributed by atoms with Crippen molar-refractivity contribution >= 4 is 40.1 Å². The zero-order chi connectivity index (χ0) is 17.1. The number of rotatable bonds is 4. The normalized spacial score (nSPS) is 10.6. The first-order valence-corrected chi connectivity index (χ1v) is 7.68. The van der Waals surface area contributed by atoms with Gasteiger partial charge in [0, 0.05) is 22.7 Å². The standard InChI is InChI=1S/C17H14ClN3O3/c1-2-24-17(23)15-14(11-5-3-4-6-12(11)20-15)21-16(22)10-7-8-19-13(18)9-10/h3-9,20H,2H2,1H3,(H,21,22). The van der Waals surface area contributed by atoms with Gasteiger partial charge in [0.1, 0.15) is 10.8 Å². The third kappa shape index (κ3) is 3.09. The molecule has 0 aliphatic heterocycles. The number of ether oxygens (including phenoxy) is 1. The van der Waals surface area contributed by atoms with Crippen LogP contribution in [0, 0.1) is 0 Å². The van der Waals surface area contributed by atoms with Crippen molar-refractivity contribution in [1.29, 1.82) is 0 Å². The van der Waals surface area contributed by atoms with Gasteiger partial charge >= 0.3 is 5.97 Å². The van der Waals surface area contributed by atoms with Crippen LogP contribution in [0.15, 0.2) is 42.6 Å². The van der Waals surface area contributed by atoms with Crippen molar-refractivity contribution in [3.05, 3.63) is 59.0 Å². The van der Waals surface area contributed by atoms with Crippen LogP contribution in [0.4, 0.5) is 5.69 Å². The molecule has 3 rings (SSSR count). The Bertz CT molecular complexity index is 920. The molecule has 2 N–H and O–H groups in total. The summed E-state index contributed by atoms with van der Waals surface area (Å²) in [6.45, 7) is 1.96. The van der Waals surface area contributed by atoms with Crippen LogP contribution in [-0.2, 0) is 4.74 Å². The maximum Gasteiger partial charge on any atom is 0.356 e. The Hall–Kier alpha value is -2.86. The number of hydrogen-bond donors (Lipinski definition) is 2. The topological polar surface area (TPSA) is 84.1 Å². The molecular formula is C17H14ClN3O3. The molecular weight excluding hydrogens is 330 g/mol. The van der Waals surface area contributed by atoms with Gasteiger partial charge in [-0.2, -0.15) is 0 Å². The van der Waals surface area contributed by atoms with E-state index in [-0.39, 0.29) is 17.5 Å². The summed E-state index contributed by atoms with van der Waals surface area (Å²) in [5, 5.41) is 3.69. The summed E-state index contributed by atoms with van der Waals surface area (Å²) in [7, 11) is 0. The van der Waals surface area contributed by atoms with Crippen molar-refractivity contribution in [3.63, 3.8) is 0 Å². The van der Waals surface area contributed by atoms with Crippen molar-refractivity contribution in [1.82, 2.24) is 9.97 Å². The second kappa shape index (κ2) is 6.72. The molecule has 2 aromatic heterocycles. The number of halogens is 1. The fraction of sp³-hybridized carbons (Fsp3) is 0.118. The largest absolute Gasteiger partial charge is 0.461 e. The predicted molar refractivity (Wildman–Crippen MR) is 91.5 cm³/mol. The lowest BCUT2D eigenvalue weighted by Gasteiger charge is -2.07. The highest BCUT2D eigenvalue weighted by Crippen LogP contribution is 2.28. The van der Waals surface area contributed by atoms with Crippen molar-refractivity contribution in [3.8, 4) is 0 Å². The van der Waals surface area contributed by atoms with Crippen LogP contribution in [0.25, 0.3) is 10.9 Å². The molecule has 0 aliphatic carbocycles. The van der Waals surface area contributed by atoms with Crippen LogP contribution < -0.4 is 5.32 Å². The summed E-state index contributed by atoms with van der Waals surface area (Å²) < 4.78 is 5.05. The molecule has 2 heterocycles. The Balaban J connectivity index is 2.02. The number of aromatic nitrogens is 2. The van der Waals surface area contributed by atoms with Crippen molar-refractivity contribution in [2.75, 3.05) is 11.9 Å². The molecule has 0 atom stereocenters. The molecule has 1 aromatic carbocycles. The lowest BCUT2D eigenvalue weighted by atomic mass is 10.2. The molecule has 0 saturated heterocycles. The minimum atomic E-state index is -0.531. The van der Waals surface area contributed by atoms with Gasteiger partial charge in [0.2, 0.25) is 0 Å². The minimum Gasteiger partial charge on any atom is -0.461 e. The first-order chi connectivity index (χ1) is 11.6. The molecule has 0 spiro atoms. The van der Waals surface area contributed by atoms with Crippen LogP contribution in [0.3, 0.4) is 0 Å². The number of nitrogens with zero attached hydrogens (tertiary/aromatic N) is 1. The SMILES string of the molecule is CCOC(=O)c1[nH]c2ccccc2c1NC(=O)c1ccnc(Cl)c1. The molecule has 0 fully saturated rings. The van der Waals surface area contributed by atoms with Gasteiger partial charge in [-0.3, -0.25) is 4.79 Å². The van der Waals surface area contributed by atoms with Crippen LogP contribution in [0.5, 0.6) is 0 Å². The molecule has 122 valence electrons. The predicted octanol–water partition coefficient (Wildman–Crippen LogP) is 3.65. The van der Waals surface area contributed by atoms with E-state index in [1.165, 1.54) is 12.3 Å². The molecule has 0 radical (unpaired) electrons. The van der Waals surface area contributed by atoms with Crippen LogP contribution in [0.2, 0.25) is 5.15 Å². The van der Waals surface area contributed by atoms with E-state index in [9.17, 15) is 9.59 Å². The number of amides is 1. The number of para-hydroxylation sites is 1. The number of carbonyl (C=O) groups is 2. The molecule has 6 nitrogen and oxygen atoms in total. The summed E-state index contributed by atoms with van der Waals surface area (Å²) in [5.41, 5.74) is 1.65. The fourth-order valence-corrected chi connectivity index (χ4v) is 2.53. The third-order valence-corrected chi connectivity index (χ3v) is 3.62. The number of H-pyrrole nitrogens is 1. The monoisotopic (exact) mass is 343 g/mol. The Kier molecular flexibility index (Phi) is 4.48. The average molecular weight is 344 g/mol. The van der Waals surface area contributed by atoms with Gasteiger partial charge < -0.3 is 15.0 Å². The van der Waals surface area contributed by atoms with E-state index >= 15 is 0 Å². The van der Waals surface area contributed by atoms with Gasteiger partial charge in [-0.1, -0.05) is 29.8 Å². The first kappa shape index (κ1) is 16.0. The van der Waals surface area contributed by atoms with E-state index in [2.05, 4.69) is 15.3 Å². The first-order valence-electron chi connectivity index (χ1n) is 7.31. The molecule has 7 heteroatoms. The van der Waals surface area contributed by atoms with Gasteiger partial charge in [0.15, 0.2) is 0 Å². The number of carbonyl (C=O) groups excluding carboxylic acids is 2. The second-order valence-corrected chi connectivity index (χ2v) is 5.35. The van der Waals surface area contributed by atoms with Crippen molar-refractivity contribution < 1.29 is 14.3 Å². The zero-order valence-corrected chi connectivity index (χ0v) is 13.6. The van der Waals surface area contributed by atoms with Crippen molar-refractivity contribution in [2.45, 2.75) is 6.92 Å². The smallest absolute Gasteiger partial charge is 0.356 e. The Labute approximate surface area is 142 Å². The summed E-state index contributed by atoms with van der Waals surface area (Å²) in [4.78, 5) is 31.5. The third-order valence-electron chi connectivity index (χ3n) is 3.41. The second-order valence-electron chi connectivity index (χ2n) is 4.96. The maximum absolute atomic E-state index is 12.5. The molecule has 0 bridgehead atoms. The van der Waals surface area contributed by atoms with E-state index in [1.54, 1.807) is 13.0 Å². The number of hydrogen-bond acceptors (Lipinski definition) is 4. The number of pyridine rings is 1. The van der Waals surface area contributed by atoms with E-state index in [1.807, 2.05) is 24.3 Å². The van der Waals surface area contributed by atoms with Gasteiger partial charge in [-0.05, 0) is 25.1 Å². The molecule has 0 aliphatic rings. The summed E-state index contributed by atoms with van der Waals surface area (Å²) in [6.07, 6.45) is 1.44. The van der Waals surface area contributed by atoms with Crippen LogP contribution >= 0.6 is 11.6 Å². The fourth-order valence-electron chi connectivity index (χ4n) is 2.36. The number of benzene rings is 1. The Morgan fingerprint density at radius 1 is 1.29 bits per heavy atom. The van der Waals surface area contributed by atoms with Gasteiger partial charge in [-0.25, -0.2) is 9.78 Å². The maximum atomic E-state index is 12.5. The Morgan fingerprint density at radius 2 is 2.08 bits per heavy atom. The number of esters is 1. The van der Waals surface area contributed by atoms with Gasteiger partial charge in [0.25, 0.3) is 5.91 Å². The number of fused-ring (bicyclic) bond motifs is 1. The molecule has 0 saturated carbocycles. The molecule has 24 heavy (non-hydrogen) atoms. The quantitative estimate of drug-likeness (QED) is 0.559. The van der Waals surface area contributed by atoms with Crippen LogP contribution in [-0.4, -0.2) is 28.5 Å². The van der Waals surface area contributed by atoms with E-state index in [0.29, 0.717) is 16.6 Å². The lowest BCUT2D eigenvalue weighted by molar-refractivity contribution is 0.0522. The van der Waals surface area contributed by atoms with Crippen LogP contribution in [0.1, 0.15) is 27.8 Å². The summed E-state index contributed by atoms with van der Waals surface area (Å²) in [6, 6.07) is 10.3. The number of nitrogens with one attached hydrogen (secondary N) is 2. The van der Waals surface area contributed by atoms with E-state index < -0.39 is 11.9 Å². The highest BCUT2D eigenvalue weighted by Gasteiger charge is 2.21. The molecule has 0 unspecified atom stereocenters. The van der Waals surface area contributed by atoms with E-state index in [4.69, 9.17) is 16.3 Å². The van der Waals surface area contributed by atoms with Crippen molar-refractivity contribution in [2.24, 2.45) is 0 Å². The highest BCUT2D eigenvalue weighted by molar-refractivity contribution is 6.29. The number of aromatic amines is 1. The number of anilines is 1. The van der Waals surface area contributed by atoms with E-state index in [0.717, 1.165) is 5.52 Å². The lowest BCUT2D eigenvalue weighted by Crippen LogP contribution is -2.15. The van der Waals surface area contributed by atoms with Gasteiger partial charge in [-0.15, -0.1) is 0 Å². The summed E-state index contributed by atoms with van der Waals surface area (Å²) >= 11 is 5.82. The molecule has 1 amide bonds. The molecule has 3 aromatic rings. The zero-order valence-electron chi connectivity index (χ0n) is 12.8. The Morgan fingerprint density at radius 3 is 2.83 bits per heavy atom. The summed E-state index contributed by atoms with van der Waals surface area (Å²) in [5.74, 6) is -0.925.